The highest BCUT2D eigenvalue weighted by Crippen LogP contribution is 2.29. The monoisotopic (exact) mass is 488 g/mol. The van der Waals surface area contributed by atoms with Crippen molar-refractivity contribution in [3.05, 3.63) is 41.5 Å². The topological polar surface area (TPSA) is 54.4 Å². The first kappa shape index (κ1) is 28.8. The van der Waals surface area contributed by atoms with Gasteiger partial charge in [-0.3, -0.25) is 4.55 Å². The van der Waals surface area contributed by atoms with Crippen LogP contribution in [-0.2, 0) is 23.0 Å². The molecular formula is C30H48O3S. The number of unbranched alkanes of at least 4 members (excludes halogenated alkanes) is 14. The van der Waals surface area contributed by atoms with Crippen LogP contribution in [0.2, 0.25) is 0 Å². The number of fused-ring (bicyclic) bond motifs is 1. The van der Waals surface area contributed by atoms with Crippen LogP contribution < -0.4 is 0 Å². The molecule has 0 radical (unpaired) electrons. The zero-order valence-electron chi connectivity index (χ0n) is 21.8. The number of rotatable bonds is 19. The van der Waals surface area contributed by atoms with Gasteiger partial charge < -0.3 is 0 Å². The second kappa shape index (κ2) is 16.3. The lowest BCUT2D eigenvalue weighted by atomic mass is 9.96. The Hall–Kier alpha value is -1.39. The number of hydrogen-bond acceptors (Lipinski definition) is 2. The van der Waals surface area contributed by atoms with Crippen molar-refractivity contribution in [3.8, 4) is 0 Å². The Labute approximate surface area is 209 Å². The van der Waals surface area contributed by atoms with Crippen molar-refractivity contribution in [3.63, 3.8) is 0 Å². The summed E-state index contributed by atoms with van der Waals surface area (Å²) in [6.45, 7) is 4.49. The lowest BCUT2D eigenvalue weighted by Gasteiger charge is -2.12. The molecule has 0 unspecified atom stereocenters. The highest BCUT2D eigenvalue weighted by Gasteiger charge is 2.16. The summed E-state index contributed by atoms with van der Waals surface area (Å²) in [4.78, 5) is 0.0416. The maximum Gasteiger partial charge on any atom is 0.295 e. The van der Waals surface area contributed by atoms with Crippen molar-refractivity contribution in [2.24, 2.45) is 0 Å². The van der Waals surface area contributed by atoms with E-state index in [9.17, 15) is 13.0 Å². The Kier molecular flexibility index (Phi) is 13.8. The summed E-state index contributed by atoms with van der Waals surface area (Å²) in [5.41, 5.74) is 2.35. The van der Waals surface area contributed by atoms with Gasteiger partial charge in [-0.1, -0.05) is 122 Å². The number of aryl methyl sites for hydroxylation is 2. The van der Waals surface area contributed by atoms with E-state index >= 15 is 0 Å². The second-order valence-electron chi connectivity index (χ2n) is 10.0. The average molecular weight is 489 g/mol. The van der Waals surface area contributed by atoms with Gasteiger partial charge in [-0.25, -0.2) is 0 Å². The first-order valence-corrected chi connectivity index (χ1v) is 15.4. The summed E-state index contributed by atoms with van der Waals surface area (Å²) in [6.07, 6.45) is 22.4. The van der Waals surface area contributed by atoms with Gasteiger partial charge in [0.05, 0.1) is 0 Å². The minimum absolute atomic E-state index is 0.0416. The van der Waals surface area contributed by atoms with Crippen LogP contribution in [0.25, 0.3) is 10.8 Å². The molecule has 0 aliphatic carbocycles. The quantitative estimate of drug-likeness (QED) is 0.158. The Morgan fingerprint density at radius 1 is 0.588 bits per heavy atom. The standard InChI is InChI=1S/C30H48O3S/c1-3-5-7-9-11-13-15-17-19-26-21-23-28-27(20-18-16-14-12-10-8-6-4-2)22-24-30(29(28)25-26)34(31,32)33/h21-25H,3-20H2,1-2H3,(H,31,32,33). The fraction of sp³-hybridized carbons (Fsp3) is 0.667. The first-order chi connectivity index (χ1) is 16.5. The Bertz CT molecular complexity index is 933. The van der Waals surface area contributed by atoms with E-state index in [1.807, 2.05) is 12.1 Å². The predicted octanol–water partition coefficient (Wildman–Crippen LogP) is 9.45. The number of hydrogen-bond donors (Lipinski definition) is 1. The van der Waals surface area contributed by atoms with Gasteiger partial charge in [-0.15, -0.1) is 0 Å². The normalized spacial score (nSPS) is 12.0. The van der Waals surface area contributed by atoms with E-state index in [0.29, 0.717) is 5.39 Å². The van der Waals surface area contributed by atoms with Gasteiger partial charge in [-0.2, -0.15) is 8.42 Å². The van der Waals surface area contributed by atoms with Gasteiger partial charge >= 0.3 is 0 Å². The largest absolute Gasteiger partial charge is 0.295 e. The SMILES string of the molecule is CCCCCCCCCCc1ccc2c(CCCCCCCCCC)ccc(S(=O)(=O)O)c2c1. The van der Waals surface area contributed by atoms with E-state index < -0.39 is 10.1 Å². The molecule has 34 heavy (non-hydrogen) atoms. The highest BCUT2D eigenvalue weighted by atomic mass is 32.2. The van der Waals surface area contributed by atoms with Crippen molar-refractivity contribution < 1.29 is 13.0 Å². The first-order valence-electron chi connectivity index (χ1n) is 14.0. The molecule has 2 aromatic carbocycles. The molecule has 0 aliphatic rings. The predicted molar refractivity (Wildman–Crippen MR) is 146 cm³/mol. The second-order valence-corrected chi connectivity index (χ2v) is 11.4. The van der Waals surface area contributed by atoms with Gasteiger partial charge in [0.25, 0.3) is 10.1 Å². The van der Waals surface area contributed by atoms with Gasteiger partial charge in [0.2, 0.25) is 0 Å². The lowest BCUT2D eigenvalue weighted by Crippen LogP contribution is -2.01. The van der Waals surface area contributed by atoms with Gasteiger partial charge in [0, 0.05) is 5.39 Å². The van der Waals surface area contributed by atoms with Crippen LogP contribution in [0.4, 0.5) is 0 Å². The molecule has 0 bridgehead atoms. The third kappa shape index (κ3) is 10.5. The molecule has 2 aromatic rings. The molecule has 0 saturated carbocycles. The number of benzene rings is 2. The third-order valence-electron chi connectivity index (χ3n) is 7.03. The van der Waals surface area contributed by atoms with Crippen molar-refractivity contribution in [1.29, 1.82) is 0 Å². The average Bonchev–Trinajstić information content (AvgIpc) is 2.81. The van der Waals surface area contributed by atoms with Crippen LogP contribution in [0.3, 0.4) is 0 Å². The molecule has 0 saturated heterocycles. The molecule has 0 atom stereocenters. The van der Waals surface area contributed by atoms with Crippen LogP contribution in [-0.4, -0.2) is 13.0 Å². The van der Waals surface area contributed by atoms with Crippen molar-refractivity contribution in [1.82, 2.24) is 0 Å². The third-order valence-corrected chi connectivity index (χ3v) is 7.94. The van der Waals surface area contributed by atoms with E-state index in [0.717, 1.165) is 36.6 Å². The molecule has 4 heteroatoms. The zero-order chi connectivity index (χ0) is 24.7. The minimum Gasteiger partial charge on any atom is -0.282 e. The molecule has 2 rings (SSSR count). The van der Waals surface area contributed by atoms with Crippen molar-refractivity contribution in [2.45, 2.75) is 134 Å². The molecule has 0 aliphatic heterocycles. The molecule has 0 amide bonds. The van der Waals surface area contributed by atoms with Crippen LogP contribution >= 0.6 is 0 Å². The maximum atomic E-state index is 12.0. The summed E-state index contributed by atoms with van der Waals surface area (Å²) in [7, 11) is -4.24. The highest BCUT2D eigenvalue weighted by molar-refractivity contribution is 7.86. The molecule has 0 aromatic heterocycles. The molecule has 192 valence electrons. The fourth-order valence-electron chi connectivity index (χ4n) is 4.94. The molecule has 0 heterocycles. The minimum atomic E-state index is -4.24. The maximum absolute atomic E-state index is 12.0. The van der Waals surface area contributed by atoms with Gasteiger partial charge in [0.15, 0.2) is 0 Å². The lowest BCUT2D eigenvalue weighted by molar-refractivity contribution is 0.484. The summed E-state index contributed by atoms with van der Waals surface area (Å²) in [6, 6.07) is 9.71. The Balaban J connectivity index is 1.95. The van der Waals surface area contributed by atoms with Gasteiger partial charge in [0.1, 0.15) is 4.90 Å². The molecule has 3 nitrogen and oxygen atoms in total. The summed E-state index contributed by atoms with van der Waals surface area (Å²) in [5, 5.41) is 1.65. The van der Waals surface area contributed by atoms with Crippen molar-refractivity contribution in [2.75, 3.05) is 0 Å². The molecule has 0 spiro atoms. The van der Waals surface area contributed by atoms with E-state index in [4.69, 9.17) is 0 Å². The molecule has 0 fully saturated rings. The summed E-state index contributed by atoms with van der Waals surface area (Å²) >= 11 is 0. The van der Waals surface area contributed by atoms with E-state index in [-0.39, 0.29) is 4.90 Å². The van der Waals surface area contributed by atoms with Crippen LogP contribution in [0.15, 0.2) is 35.2 Å². The molecular weight excluding hydrogens is 440 g/mol. The summed E-state index contributed by atoms with van der Waals surface area (Å²) in [5.74, 6) is 0. The summed E-state index contributed by atoms with van der Waals surface area (Å²) < 4.78 is 33.9. The van der Waals surface area contributed by atoms with Crippen LogP contribution in [0.5, 0.6) is 0 Å². The fourth-order valence-corrected chi connectivity index (χ4v) is 5.63. The van der Waals surface area contributed by atoms with Gasteiger partial charge in [-0.05, 0) is 54.3 Å². The smallest absolute Gasteiger partial charge is 0.282 e. The van der Waals surface area contributed by atoms with E-state index in [1.54, 1.807) is 6.07 Å². The van der Waals surface area contributed by atoms with E-state index in [2.05, 4.69) is 26.0 Å². The Morgan fingerprint density at radius 3 is 1.62 bits per heavy atom. The Morgan fingerprint density at radius 2 is 1.09 bits per heavy atom. The zero-order valence-corrected chi connectivity index (χ0v) is 22.6. The molecule has 1 N–H and O–H groups in total. The van der Waals surface area contributed by atoms with Crippen LogP contribution in [0.1, 0.15) is 128 Å². The van der Waals surface area contributed by atoms with Crippen LogP contribution in [0, 0.1) is 0 Å². The van der Waals surface area contributed by atoms with E-state index in [1.165, 1.54) is 95.5 Å². The van der Waals surface area contributed by atoms with Crippen molar-refractivity contribution >= 4 is 20.9 Å².